The molecule has 0 aromatic heterocycles. The van der Waals surface area contributed by atoms with E-state index in [1.54, 1.807) is 6.21 Å². The number of hydrogen-bond donors (Lipinski definition) is 4. The van der Waals surface area contributed by atoms with E-state index in [9.17, 15) is 4.79 Å². The van der Waals surface area contributed by atoms with Crippen LogP contribution in [0.15, 0.2) is 34.4 Å². The van der Waals surface area contributed by atoms with Crippen molar-refractivity contribution < 1.29 is 4.79 Å². The fraction of sp³-hybridized carbons (Fsp3) is 0.182. The average molecular weight is 261 g/mol. The highest BCUT2D eigenvalue weighted by molar-refractivity contribution is 5.84. The Kier molecular flexibility index (Phi) is 3.62. The van der Waals surface area contributed by atoms with E-state index in [4.69, 9.17) is 17.2 Å². The van der Waals surface area contributed by atoms with Gasteiger partial charge in [0.1, 0.15) is 12.7 Å². The van der Waals surface area contributed by atoms with Crippen LogP contribution in [-0.4, -0.2) is 29.7 Å². The number of amides is 1. The number of nitrogens with zero attached hydrogens (tertiary/aromatic N) is 3. The quantitative estimate of drug-likeness (QED) is 0.392. The molecule has 1 aromatic carbocycles. The van der Waals surface area contributed by atoms with Crippen LogP contribution < -0.4 is 22.6 Å². The lowest BCUT2D eigenvalue weighted by molar-refractivity contribution is -0.125. The topological polar surface area (TPSA) is 135 Å². The van der Waals surface area contributed by atoms with Gasteiger partial charge in [-0.15, -0.1) is 0 Å². The van der Waals surface area contributed by atoms with Gasteiger partial charge >= 0.3 is 0 Å². The van der Waals surface area contributed by atoms with Gasteiger partial charge in [0.25, 0.3) is 5.91 Å². The Labute approximate surface area is 109 Å². The standard InChI is InChI=1S/C11H15N7O/c12-10-8-4-2-1-3-7(8)5-16-18(10)17-9(19)6-15-11(13)14/h1-5,10H,6,12H2,(H,17,19)(H4,13,14,15). The van der Waals surface area contributed by atoms with E-state index in [0.29, 0.717) is 0 Å². The highest BCUT2D eigenvalue weighted by Gasteiger charge is 2.22. The van der Waals surface area contributed by atoms with Crippen molar-refractivity contribution in [1.29, 1.82) is 0 Å². The minimum absolute atomic E-state index is 0.146. The molecule has 1 aliphatic heterocycles. The monoisotopic (exact) mass is 261 g/mol. The Morgan fingerprint density at radius 3 is 2.89 bits per heavy atom. The molecule has 1 aliphatic rings. The number of carbonyl (C=O) groups excluding carboxylic acids is 1. The van der Waals surface area contributed by atoms with Crippen molar-refractivity contribution in [2.24, 2.45) is 27.3 Å². The Hall–Kier alpha value is -2.61. The van der Waals surface area contributed by atoms with Crippen LogP contribution in [0.3, 0.4) is 0 Å². The van der Waals surface area contributed by atoms with Crippen molar-refractivity contribution in [1.82, 2.24) is 10.5 Å². The molecule has 0 bridgehead atoms. The molecule has 2 rings (SSSR count). The molecule has 1 unspecified atom stereocenters. The highest BCUT2D eigenvalue weighted by Crippen LogP contribution is 2.21. The summed E-state index contributed by atoms with van der Waals surface area (Å²) in [6, 6.07) is 7.54. The average Bonchev–Trinajstić information content (AvgIpc) is 2.40. The second-order valence-corrected chi connectivity index (χ2v) is 3.94. The number of carbonyl (C=O) groups is 1. The molecule has 1 aromatic rings. The second kappa shape index (κ2) is 5.36. The lowest BCUT2D eigenvalue weighted by Gasteiger charge is -2.30. The number of hydrazine groups is 1. The summed E-state index contributed by atoms with van der Waals surface area (Å²) in [7, 11) is 0. The first-order chi connectivity index (χ1) is 9.08. The number of aliphatic imine (C=N–C) groups is 1. The van der Waals surface area contributed by atoms with Gasteiger partial charge in [0.2, 0.25) is 0 Å². The third-order valence-electron chi connectivity index (χ3n) is 2.54. The van der Waals surface area contributed by atoms with E-state index in [-0.39, 0.29) is 12.5 Å². The first kappa shape index (κ1) is 12.8. The van der Waals surface area contributed by atoms with E-state index >= 15 is 0 Å². The first-order valence-corrected chi connectivity index (χ1v) is 5.60. The summed E-state index contributed by atoms with van der Waals surface area (Å²) in [5, 5.41) is 5.33. The maximum Gasteiger partial charge on any atom is 0.261 e. The van der Waals surface area contributed by atoms with Gasteiger partial charge in [-0.05, 0) is 0 Å². The van der Waals surface area contributed by atoms with E-state index in [1.165, 1.54) is 5.12 Å². The van der Waals surface area contributed by atoms with Gasteiger partial charge in [-0.1, -0.05) is 24.3 Å². The molecule has 8 nitrogen and oxygen atoms in total. The molecule has 100 valence electrons. The maximum absolute atomic E-state index is 11.6. The summed E-state index contributed by atoms with van der Waals surface area (Å²) in [5.41, 5.74) is 20.6. The molecular weight excluding hydrogens is 246 g/mol. The van der Waals surface area contributed by atoms with Crippen molar-refractivity contribution in [3.8, 4) is 0 Å². The molecule has 0 fully saturated rings. The normalized spacial score (nSPS) is 16.7. The first-order valence-electron chi connectivity index (χ1n) is 5.60. The maximum atomic E-state index is 11.6. The number of nitrogens with one attached hydrogen (secondary N) is 1. The molecule has 8 heteroatoms. The highest BCUT2D eigenvalue weighted by atomic mass is 16.2. The fourth-order valence-electron chi connectivity index (χ4n) is 1.65. The zero-order valence-electron chi connectivity index (χ0n) is 10.2. The SMILES string of the molecule is NC(N)=NCC(=O)NN1N=Cc2ccccc2C1N. The molecule has 1 atom stereocenters. The van der Waals surface area contributed by atoms with Gasteiger partial charge in [0.05, 0.1) is 6.21 Å². The fourth-order valence-corrected chi connectivity index (χ4v) is 1.65. The van der Waals surface area contributed by atoms with Gasteiger partial charge in [0, 0.05) is 11.1 Å². The molecule has 1 heterocycles. The molecular formula is C11H15N7O. The molecule has 0 saturated heterocycles. The minimum atomic E-state index is -0.552. The predicted molar refractivity (Wildman–Crippen MR) is 71.6 cm³/mol. The van der Waals surface area contributed by atoms with Crippen LogP contribution in [0.4, 0.5) is 0 Å². The lowest BCUT2D eigenvalue weighted by atomic mass is 10.1. The Morgan fingerprint density at radius 2 is 2.16 bits per heavy atom. The zero-order valence-corrected chi connectivity index (χ0v) is 10.2. The van der Waals surface area contributed by atoms with Gasteiger partial charge < -0.3 is 17.2 Å². The molecule has 0 spiro atoms. The van der Waals surface area contributed by atoms with Crippen LogP contribution in [0.2, 0.25) is 0 Å². The minimum Gasteiger partial charge on any atom is -0.370 e. The molecule has 0 radical (unpaired) electrons. The van der Waals surface area contributed by atoms with Crippen LogP contribution in [0.5, 0.6) is 0 Å². The van der Waals surface area contributed by atoms with E-state index < -0.39 is 12.1 Å². The summed E-state index contributed by atoms with van der Waals surface area (Å²) in [4.78, 5) is 15.2. The summed E-state index contributed by atoms with van der Waals surface area (Å²) in [6.07, 6.45) is 1.07. The predicted octanol–water partition coefficient (Wildman–Crippen LogP) is -1.40. The van der Waals surface area contributed by atoms with E-state index in [2.05, 4.69) is 15.5 Å². The molecule has 0 saturated carbocycles. The number of rotatable bonds is 3. The van der Waals surface area contributed by atoms with Crippen molar-refractivity contribution in [2.75, 3.05) is 6.54 Å². The van der Waals surface area contributed by atoms with Gasteiger partial charge in [-0.2, -0.15) is 10.2 Å². The van der Waals surface area contributed by atoms with E-state index in [1.807, 2.05) is 24.3 Å². The Bertz CT molecular complexity index is 536. The molecule has 7 N–H and O–H groups in total. The lowest BCUT2D eigenvalue weighted by Crippen LogP contribution is -2.47. The number of fused-ring (bicyclic) bond motifs is 1. The van der Waals surface area contributed by atoms with Crippen molar-refractivity contribution in [2.45, 2.75) is 6.17 Å². The molecule has 1 amide bonds. The number of benzene rings is 1. The smallest absolute Gasteiger partial charge is 0.261 e. The van der Waals surface area contributed by atoms with Crippen LogP contribution in [0, 0.1) is 0 Å². The Morgan fingerprint density at radius 1 is 1.42 bits per heavy atom. The number of nitrogens with two attached hydrogens (primary N) is 3. The van der Waals surface area contributed by atoms with Crippen molar-refractivity contribution in [3.63, 3.8) is 0 Å². The van der Waals surface area contributed by atoms with Crippen LogP contribution >= 0.6 is 0 Å². The largest absolute Gasteiger partial charge is 0.370 e. The van der Waals surface area contributed by atoms with Crippen molar-refractivity contribution >= 4 is 18.1 Å². The van der Waals surface area contributed by atoms with Gasteiger partial charge in [0.15, 0.2) is 5.96 Å². The summed E-state index contributed by atoms with van der Waals surface area (Å²) in [5.74, 6) is -0.549. The third-order valence-corrected chi connectivity index (χ3v) is 2.54. The van der Waals surface area contributed by atoms with Gasteiger partial charge in [-0.3, -0.25) is 4.79 Å². The Balaban J connectivity index is 2.05. The number of guanidine groups is 1. The summed E-state index contributed by atoms with van der Waals surface area (Å²) in [6.45, 7) is -0.178. The second-order valence-electron chi connectivity index (χ2n) is 3.94. The van der Waals surface area contributed by atoms with Crippen molar-refractivity contribution in [3.05, 3.63) is 35.4 Å². The van der Waals surface area contributed by atoms with Crippen LogP contribution in [0.1, 0.15) is 17.3 Å². The third kappa shape index (κ3) is 2.99. The number of hydrazone groups is 1. The van der Waals surface area contributed by atoms with E-state index in [0.717, 1.165) is 11.1 Å². The summed E-state index contributed by atoms with van der Waals surface area (Å²) >= 11 is 0. The molecule has 19 heavy (non-hydrogen) atoms. The number of hydrogen-bond acceptors (Lipinski definition) is 5. The summed E-state index contributed by atoms with van der Waals surface area (Å²) < 4.78 is 0. The van der Waals surface area contributed by atoms with Gasteiger partial charge in [-0.25, -0.2) is 10.4 Å². The molecule has 0 aliphatic carbocycles. The van der Waals surface area contributed by atoms with Crippen LogP contribution in [-0.2, 0) is 4.79 Å². The zero-order chi connectivity index (χ0) is 13.8. The van der Waals surface area contributed by atoms with Crippen LogP contribution in [0.25, 0.3) is 0 Å².